The van der Waals surface area contributed by atoms with E-state index in [-0.39, 0.29) is 40.5 Å². The number of hydrogen-bond acceptors (Lipinski definition) is 4. The third-order valence-corrected chi connectivity index (χ3v) is 28.1. The molecule has 17 aromatic rings. The molecule has 5 nitrogen and oxygen atoms in total. The summed E-state index contributed by atoms with van der Waals surface area (Å²) in [4.78, 5) is 8.02. The van der Waals surface area contributed by atoms with Crippen molar-refractivity contribution in [1.82, 2.24) is 4.57 Å². The highest BCUT2D eigenvalue weighted by Crippen LogP contribution is 2.65. The Kier molecular flexibility index (Phi) is 16.4. The fourth-order valence-corrected chi connectivity index (χ4v) is 22.0. The molecule has 0 saturated carbocycles. The lowest BCUT2D eigenvalue weighted by Crippen LogP contribution is -2.64. The van der Waals surface area contributed by atoms with E-state index < -0.39 is 5.41 Å². The van der Waals surface area contributed by atoms with Gasteiger partial charge in [0.1, 0.15) is 11.5 Å². The molecule has 0 bridgehead atoms. The molecule has 1 spiro atoms. The van der Waals surface area contributed by atoms with Gasteiger partial charge in [0.15, 0.2) is 0 Å². The monoisotopic (exact) mass is 1600 g/mol. The van der Waals surface area contributed by atoms with Crippen molar-refractivity contribution in [1.29, 1.82) is 0 Å². The Bertz CT molecular complexity index is 7150. The molecule has 0 atom stereocenters. The van der Waals surface area contributed by atoms with E-state index in [9.17, 15) is 0 Å². The summed E-state index contributed by atoms with van der Waals surface area (Å²) in [5, 5.41) is 2.42. The van der Waals surface area contributed by atoms with Gasteiger partial charge in [-0.1, -0.05) is 347 Å². The van der Waals surface area contributed by atoms with Crippen molar-refractivity contribution >= 4 is 119 Å². The normalized spacial score (nSPS) is 14.3. The maximum absolute atomic E-state index is 8.35. The van der Waals surface area contributed by atoms with Crippen LogP contribution in [0.1, 0.15) is 154 Å². The van der Waals surface area contributed by atoms with Gasteiger partial charge in [-0.25, -0.2) is 0 Å². The summed E-state index contributed by atoms with van der Waals surface area (Å²) >= 11 is 0. The molecule has 16 aromatic carbocycles. The van der Waals surface area contributed by atoms with Gasteiger partial charge in [-0.05, 0) is 239 Å². The molecule has 600 valence electrons. The van der Waals surface area contributed by atoms with Gasteiger partial charge in [0.25, 0.3) is 13.4 Å². The van der Waals surface area contributed by atoms with Crippen LogP contribution in [0.5, 0.6) is 11.5 Å². The standard InChI is InChI=1S/C117H100B2N4O/c1-112(2,3)74-59-75(113(4,5)6)62-79(61-74)121-100-55-34-30-51-94(100)119-97-69-96-102(70-106(97)124-107-58-73(57-103(121)110(107)119)82-46-36-47-88-85-43-24-29-50-93(85)117(108(82)88)91-48-27-22-41-83(91)84-42-23-28-49-92(84)117)122(80-63-76(114(7,8)9)60-77(64-80)115(10,11)12)104-67-81(120-98-53-32-25-44-86(98)87-45-26-33-54-99(87)120)68-105-109(104)118(96)95-52-31-35-56-101(95)123(105)111-89(71-37-18-16-19-38-71)65-78(116(13,14)15)66-90(111)72-39-20-17-21-40-72/h16-70H,1-15H3. The van der Waals surface area contributed by atoms with Crippen LogP contribution in [0.25, 0.3) is 83.1 Å². The molecule has 0 saturated heterocycles. The first-order valence-corrected chi connectivity index (χ1v) is 44.5. The lowest BCUT2D eigenvalue weighted by atomic mass is 9.30. The zero-order valence-electron chi connectivity index (χ0n) is 73.6. The average molecular weight is 1600 g/mol. The van der Waals surface area contributed by atoms with Crippen molar-refractivity contribution in [2.45, 2.75) is 136 Å². The Morgan fingerprint density at radius 2 is 0.645 bits per heavy atom. The summed E-state index contributed by atoms with van der Waals surface area (Å²) in [5.41, 5.74) is 42.7. The molecule has 0 amide bonds. The SMILES string of the molecule is CC(C)(C)c1cc(N2c3ccccc3B3c4cc5c(cc4Oc4cc(-c6cccc7c6C6(c8ccccc8-c8ccccc86)c6ccccc6-7)cc2c43)N(c2cc(C(C)(C)C)cc(C(C)(C)C)c2)c2cc(-n3c4ccccc4c4ccccc43)cc3c2B5c2ccccc2N3c2c(-c3ccccc3)cc(C(C)(C)C)cc2-c2ccccc2)cc(C(C)(C)C)c1. The summed E-state index contributed by atoms with van der Waals surface area (Å²) in [5.74, 6) is 1.69. The summed E-state index contributed by atoms with van der Waals surface area (Å²) in [6, 6.07) is 129. The van der Waals surface area contributed by atoms with E-state index in [4.69, 9.17) is 4.74 Å². The molecule has 7 heteroatoms. The smallest absolute Gasteiger partial charge is 0.256 e. The highest BCUT2D eigenvalue weighted by molar-refractivity contribution is 7.02. The molecular weight excluding hydrogens is 1500 g/mol. The second-order valence-electron chi connectivity index (χ2n) is 40.8. The van der Waals surface area contributed by atoms with Crippen LogP contribution in [-0.2, 0) is 32.5 Å². The van der Waals surface area contributed by atoms with Gasteiger partial charge in [0.2, 0.25) is 0 Å². The molecule has 0 fully saturated rings. The number of aromatic nitrogens is 1. The van der Waals surface area contributed by atoms with E-state index in [2.05, 4.69) is 457 Å². The fraction of sp³-hybridized carbons (Fsp3) is 0.179. The zero-order valence-corrected chi connectivity index (χ0v) is 73.6. The molecule has 124 heavy (non-hydrogen) atoms. The molecule has 6 aliphatic rings. The van der Waals surface area contributed by atoms with Crippen LogP contribution in [0.3, 0.4) is 0 Å². The van der Waals surface area contributed by atoms with Gasteiger partial charge >= 0.3 is 0 Å². The minimum atomic E-state index is -0.620. The van der Waals surface area contributed by atoms with Crippen molar-refractivity contribution in [3.8, 4) is 72.8 Å². The van der Waals surface area contributed by atoms with Gasteiger partial charge < -0.3 is 24.0 Å². The van der Waals surface area contributed by atoms with Crippen molar-refractivity contribution in [2.24, 2.45) is 0 Å². The Hall–Kier alpha value is -13.4. The minimum Gasteiger partial charge on any atom is -0.458 e. The number of nitrogens with zero attached hydrogens (tertiary/aromatic N) is 4. The van der Waals surface area contributed by atoms with E-state index in [0.29, 0.717) is 0 Å². The maximum atomic E-state index is 8.35. The highest BCUT2D eigenvalue weighted by Gasteiger charge is 2.54. The maximum Gasteiger partial charge on any atom is 0.256 e. The molecule has 4 aliphatic heterocycles. The Balaban J connectivity index is 0.848. The number of ether oxygens (including phenoxy) is 1. The number of rotatable bonds is 7. The second kappa shape index (κ2) is 26.8. The van der Waals surface area contributed by atoms with E-state index in [1.807, 2.05) is 0 Å². The Morgan fingerprint density at radius 1 is 0.250 bits per heavy atom. The van der Waals surface area contributed by atoms with Crippen LogP contribution in [0.4, 0.5) is 51.2 Å². The van der Waals surface area contributed by atoms with Crippen molar-refractivity contribution in [2.75, 3.05) is 14.7 Å². The van der Waals surface area contributed by atoms with Crippen LogP contribution in [-0.4, -0.2) is 18.0 Å². The topological polar surface area (TPSA) is 23.9 Å². The van der Waals surface area contributed by atoms with Crippen molar-refractivity contribution in [3.63, 3.8) is 0 Å². The summed E-state index contributed by atoms with van der Waals surface area (Å²) in [6.07, 6.45) is 0. The predicted molar refractivity (Wildman–Crippen MR) is 527 cm³/mol. The van der Waals surface area contributed by atoms with E-state index in [1.54, 1.807) is 0 Å². The molecule has 2 aliphatic carbocycles. The number of hydrogen-bond donors (Lipinski definition) is 0. The molecule has 0 N–H and O–H groups in total. The van der Waals surface area contributed by atoms with Gasteiger partial charge in [-0.2, -0.15) is 0 Å². The van der Waals surface area contributed by atoms with Crippen molar-refractivity contribution in [3.05, 3.63) is 384 Å². The largest absolute Gasteiger partial charge is 0.458 e. The predicted octanol–water partition coefficient (Wildman–Crippen LogP) is 27.1. The van der Waals surface area contributed by atoms with Gasteiger partial charge in [-0.15, -0.1) is 0 Å². The number of fused-ring (bicyclic) bond motifs is 21. The molecule has 1 aromatic heterocycles. The molecule has 23 rings (SSSR count). The summed E-state index contributed by atoms with van der Waals surface area (Å²) < 4.78 is 10.9. The lowest BCUT2D eigenvalue weighted by Gasteiger charge is -2.46. The van der Waals surface area contributed by atoms with Crippen LogP contribution >= 0.6 is 0 Å². The number of para-hydroxylation sites is 4. The molecule has 5 heterocycles. The van der Waals surface area contributed by atoms with Crippen molar-refractivity contribution < 1.29 is 4.74 Å². The fourth-order valence-electron chi connectivity index (χ4n) is 22.0. The first-order chi connectivity index (χ1) is 59.7. The number of benzene rings is 16. The van der Waals surface area contributed by atoms with Gasteiger partial charge in [0, 0.05) is 73.5 Å². The van der Waals surface area contributed by atoms with Crippen LogP contribution < -0.4 is 52.2 Å². The van der Waals surface area contributed by atoms with Gasteiger partial charge in [0.05, 0.1) is 27.8 Å². The van der Waals surface area contributed by atoms with E-state index in [1.165, 1.54) is 122 Å². The summed E-state index contributed by atoms with van der Waals surface area (Å²) in [6.45, 7) is 35.0. The van der Waals surface area contributed by atoms with Crippen LogP contribution in [0.2, 0.25) is 0 Å². The van der Waals surface area contributed by atoms with Gasteiger partial charge in [-0.3, -0.25) is 0 Å². The highest BCUT2D eigenvalue weighted by atomic mass is 16.5. The Morgan fingerprint density at radius 3 is 1.15 bits per heavy atom. The Labute approximate surface area is 731 Å². The second-order valence-corrected chi connectivity index (χ2v) is 40.8. The zero-order chi connectivity index (χ0) is 84.7. The number of anilines is 9. The average Bonchev–Trinajstić information content (AvgIpc) is 1.53. The third-order valence-electron chi connectivity index (χ3n) is 28.1. The first kappa shape index (κ1) is 75.6. The molecular formula is C117H100B2N4O. The van der Waals surface area contributed by atoms with E-state index in [0.717, 1.165) is 107 Å². The molecule has 0 radical (unpaired) electrons. The van der Waals surface area contributed by atoms with Crippen LogP contribution in [0, 0.1) is 0 Å². The lowest BCUT2D eigenvalue weighted by molar-refractivity contribution is 0.488. The quantitative estimate of drug-likeness (QED) is 0.148. The minimum absolute atomic E-state index is 0.167. The third kappa shape index (κ3) is 11.2. The summed E-state index contributed by atoms with van der Waals surface area (Å²) in [7, 11) is 0. The first-order valence-electron chi connectivity index (χ1n) is 44.5. The molecule has 0 unspecified atom stereocenters. The van der Waals surface area contributed by atoms with Crippen LogP contribution in [0.15, 0.2) is 334 Å². The van der Waals surface area contributed by atoms with E-state index >= 15 is 0 Å².